The van der Waals surface area contributed by atoms with Gasteiger partial charge in [-0.1, -0.05) is 38.1 Å². The molecular formula is C19H24N2. The van der Waals surface area contributed by atoms with Gasteiger partial charge in [0.2, 0.25) is 0 Å². The second-order valence-corrected chi connectivity index (χ2v) is 7.25. The lowest BCUT2D eigenvalue weighted by Crippen LogP contribution is -2.58. The van der Waals surface area contributed by atoms with Crippen LogP contribution in [0.2, 0.25) is 0 Å². The Morgan fingerprint density at radius 2 is 1.71 bits per heavy atom. The Morgan fingerprint density at radius 3 is 2.43 bits per heavy atom. The van der Waals surface area contributed by atoms with E-state index in [1.165, 1.54) is 41.4 Å². The molecule has 0 bridgehead atoms. The van der Waals surface area contributed by atoms with E-state index in [9.17, 15) is 0 Å². The number of benzene rings is 2. The van der Waals surface area contributed by atoms with Crippen molar-refractivity contribution in [1.29, 1.82) is 0 Å². The molecule has 0 aromatic heterocycles. The van der Waals surface area contributed by atoms with Gasteiger partial charge in [-0.05, 0) is 48.6 Å². The second kappa shape index (κ2) is 4.40. The van der Waals surface area contributed by atoms with Crippen molar-refractivity contribution in [3.63, 3.8) is 0 Å². The van der Waals surface area contributed by atoms with Gasteiger partial charge in [-0.3, -0.25) is 0 Å². The first-order chi connectivity index (χ1) is 10.1. The SMILES string of the molecule is CC1CC(C)CC2(C1)Nc1cccc3cccc(c13)N2C. The predicted molar refractivity (Wildman–Crippen MR) is 90.9 cm³/mol. The molecule has 2 unspecified atom stereocenters. The van der Waals surface area contributed by atoms with Crippen molar-refractivity contribution in [2.24, 2.45) is 11.8 Å². The highest BCUT2D eigenvalue weighted by Crippen LogP contribution is 2.48. The summed E-state index contributed by atoms with van der Waals surface area (Å²) in [6.45, 7) is 4.79. The maximum Gasteiger partial charge on any atom is 0.110 e. The monoisotopic (exact) mass is 280 g/mol. The summed E-state index contributed by atoms with van der Waals surface area (Å²) in [5.74, 6) is 1.54. The number of nitrogens with one attached hydrogen (secondary N) is 1. The van der Waals surface area contributed by atoms with Crippen LogP contribution in [0.15, 0.2) is 36.4 Å². The summed E-state index contributed by atoms with van der Waals surface area (Å²) in [5, 5.41) is 6.62. The van der Waals surface area contributed by atoms with Crippen molar-refractivity contribution < 1.29 is 0 Å². The van der Waals surface area contributed by atoms with Crippen molar-refractivity contribution in [2.75, 3.05) is 17.3 Å². The Bertz CT molecular complexity index is 676. The molecule has 0 saturated heterocycles. The maximum absolute atomic E-state index is 3.91. The van der Waals surface area contributed by atoms with Gasteiger partial charge in [0, 0.05) is 23.8 Å². The Labute approximate surface area is 127 Å². The van der Waals surface area contributed by atoms with Gasteiger partial charge in [0.25, 0.3) is 0 Å². The van der Waals surface area contributed by atoms with Crippen molar-refractivity contribution >= 4 is 22.1 Å². The highest BCUT2D eigenvalue weighted by Gasteiger charge is 2.44. The molecule has 1 spiro atoms. The van der Waals surface area contributed by atoms with Crippen LogP contribution < -0.4 is 10.2 Å². The van der Waals surface area contributed by atoms with Crippen LogP contribution in [-0.2, 0) is 0 Å². The average Bonchev–Trinajstić information content (AvgIpc) is 2.44. The number of hydrogen-bond acceptors (Lipinski definition) is 2. The number of rotatable bonds is 0. The minimum Gasteiger partial charge on any atom is -0.362 e. The van der Waals surface area contributed by atoms with E-state index in [-0.39, 0.29) is 5.66 Å². The lowest BCUT2D eigenvalue weighted by atomic mass is 9.74. The highest BCUT2D eigenvalue weighted by atomic mass is 15.3. The predicted octanol–water partition coefficient (Wildman–Crippen LogP) is 4.85. The van der Waals surface area contributed by atoms with Gasteiger partial charge in [0.15, 0.2) is 0 Å². The molecule has 1 heterocycles. The molecule has 21 heavy (non-hydrogen) atoms. The van der Waals surface area contributed by atoms with Crippen LogP contribution >= 0.6 is 0 Å². The molecule has 4 rings (SSSR count). The van der Waals surface area contributed by atoms with Crippen LogP contribution in [0.4, 0.5) is 11.4 Å². The summed E-state index contributed by atoms with van der Waals surface area (Å²) >= 11 is 0. The topological polar surface area (TPSA) is 15.3 Å². The van der Waals surface area contributed by atoms with Crippen molar-refractivity contribution in [3.05, 3.63) is 36.4 Å². The summed E-state index contributed by atoms with van der Waals surface area (Å²) in [6, 6.07) is 13.3. The molecule has 110 valence electrons. The van der Waals surface area contributed by atoms with Crippen LogP contribution in [0.25, 0.3) is 10.8 Å². The summed E-state index contributed by atoms with van der Waals surface area (Å²) in [6.07, 6.45) is 3.79. The van der Waals surface area contributed by atoms with E-state index in [1.807, 2.05) is 0 Å². The molecule has 2 nitrogen and oxygen atoms in total. The highest BCUT2D eigenvalue weighted by molar-refractivity contribution is 6.05. The summed E-state index contributed by atoms with van der Waals surface area (Å²) in [4.78, 5) is 2.51. The minimum absolute atomic E-state index is 0.0831. The minimum atomic E-state index is 0.0831. The molecule has 2 aliphatic rings. The van der Waals surface area contributed by atoms with Crippen LogP contribution in [0.1, 0.15) is 33.1 Å². The van der Waals surface area contributed by atoms with E-state index < -0.39 is 0 Å². The van der Waals surface area contributed by atoms with Gasteiger partial charge in [-0.2, -0.15) is 0 Å². The second-order valence-electron chi connectivity index (χ2n) is 7.25. The fraction of sp³-hybridized carbons (Fsp3) is 0.474. The zero-order valence-electron chi connectivity index (χ0n) is 13.2. The van der Waals surface area contributed by atoms with Gasteiger partial charge in [-0.15, -0.1) is 0 Å². The van der Waals surface area contributed by atoms with E-state index in [2.05, 4.69) is 67.5 Å². The van der Waals surface area contributed by atoms with Gasteiger partial charge < -0.3 is 10.2 Å². The third kappa shape index (κ3) is 1.85. The summed E-state index contributed by atoms with van der Waals surface area (Å²) in [5.41, 5.74) is 2.77. The van der Waals surface area contributed by atoms with Crippen molar-refractivity contribution in [3.8, 4) is 0 Å². The molecule has 0 radical (unpaired) electrons. The third-order valence-electron chi connectivity index (χ3n) is 5.43. The molecule has 0 amide bonds. The normalized spacial score (nSPS) is 31.5. The lowest BCUT2D eigenvalue weighted by Gasteiger charge is -2.53. The Morgan fingerprint density at radius 1 is 1.05 bits per heavy atom. The van der Waals surface area contributed by atoms with Gasteiger partial charge in [-0.25, -0.2) is 0 Å². The fourth-order valence-electron chi connectivity index (χ4n) is 4.74. The number of anilines is 2. The molecule has 2 aromatic carbocycles. The van der Waals surface area contributed by atoms with Crippen LogP contribution in [0.3, 0.4) is 0 Å². The van der Waals surface area contributed by atoms with E-state index >= 15 is 0 Å². The molecule has 2 atom stereocenters. The zero-order chi connectivity index (χ0) is 14.6. The smallest absolute Gasteiger partial charge is 0.110 e. The fourth-order valence-corrected chi connectivity index (χ4v) is 4.74. The Balaban J connectivity index is 1.89. The first-order valence-electron chi connectivity index (χ1n) is 8.13. The summed E-state index contributed by atoms with van der Waals surface area (Å²) in [7, 11) is 2.27. The first kappa shape index (κ1) is 13.0. The molecule has 1 aliphatic carbocycles. The molecule has 2 heteroatoms. The molecule has 1 aliphatic heterocycles. The lowest BCUT2D eigenvalue weighted by molar-refractivity contribution is 0.198. The third-order valence-corrected chi connectivity index (χ3v) is 5.43. The largest absolute Gasteiger partial charge is 0.362 e. The average molecular weight is 280 g/mol. The first-order valence-corrected chi connectivity index (χ1v) is 8.13. The Kier molecular flexibility index (Phi) is 2.72. The van der Waals surface area contributed by atoms with Gasteiger partial charge in [0.05, 0.1) is 0 Å². The van der Waals surface area contributed by atoms with E-state index in [0.717, 1.165) is 11.8 Å². The van der Waals surface area contributed by atoms with Crippen LogP contribution in [0, 0.1) is 11.8 Å². The molecule has 1 fully saturated rings. The van der Waals surface area contributed by atoms with E-state index in [4.69, 9.17) is 0 Å². The Hall–Kier alpha value is -1.70. The quantitative estimate of drug-likeness (QED) is 0.742. The van der Waals surface area contributed by atoms with Gasteiger partial charge in [0.1, 0.15) is 5.66 Å². The molecule has 2 aromatic rings. The van der Waals surface area contributed by atoms with E-state index in [0.29, 0.717) is 0 Å². The van der Waals surface area contributed by atoms with Crippen LogP contribution in [0.5, 0.6) is 0 Å². The zero-order valence-corrected chi connectivity index (χ0v) is 13.2. The standard InChI is InChI=1S/C19H24N2/c1-13-10-14(2)12-19(11-13)20-16-8-4-6-15-7-5-9-17(18(15)16)21(19)3/h4-9,13-14,20H,10-12H2,1-3H3. The number of nitrogens with zero attached hydrogens (tertiary/aromatic N) is 1. The molecule has 1 saturated carbocycles. The van der Waals surface area contributed by atoms with Crippen molar-refractivity contribution in [1.82, 2.24) is 0 Å². The molecule has 1 N–H and O–H groups in total. The summed E-state index contributed by atoms with van der Waals surface area (Å²) < 4.78 is 0. The number of hydrogen-bond donors (Lipinski definition) is 1. The van der Waals surface area contributed by atoms with Crippen molar-refractivity contribution in [2.45, 2.75) is 38.8 Å². The maximum atomic E-state index is 3.91. The van der Waals surface area contributed by atoms with Crippen LogP contribution in [-0.4, -0.2) is 12.7 Å². The van der Waals surface area contributed by atoms with Gasteiger partial charge >= 0.3 is 0 Å². The molecular weight excluding hydrogens is 256 g/mol. The van der Waals surface area contributed by atoms with E-state index in [1.54, 1.807) is 0 Å².